The first kappa shape index (κ1) is 18.8. The summed E-state index contributed by atoms with van der Waals surface area (Å²) in [6.45, 7) is 2.58. The van der Waals surface area contributed by atoms with Crippen LogP contribution in [0.2, 0.25) is 0 Å². The summed E-state index contributed by atoms with van der Waals surface area (Å²) in [5.41, 5.74) is 4.97. The molecule has 0 radical (unpaired) electrons. The number of amides is 1. The number of benzene rings is 1. The van der Waals surface area contributed by atoms with Crippen molar-refractivity contribution in [1.29, 1.82) is 0 Å². The van der Waals surface area contributed by atoms with Crippen molar-refractivity contribution in [3.63, 3.8) is 0 Å². The van der Waals surface area contributed by atoms with Gasteiger partial charge in [0.05, 0.1) is 40.0 Å². The van der Waals surface area contributed by atoms with Crippen molar-refractivity contribution < 1.29 is 9.53 Å². The highest BCUT2D eigenvalue weighted by Gasteiger charge is 2.29. The van der Waals surface area contributed by atoms with Crippen LogP contribution < -0.4 is 9.64 Å². The first-order valence-corrected chi connectivity index (χ1v) is 10.8. The largest absolute Gasteiger partial charge is 0.495 e. The zero-order chi connectivity index (χ0) is 20.8. The lowest BCUT2D eigenvalue weighted by Crippen LogP contribution is -2.36. The fourth-order valence-corrected chi connectivity index (χ4v) is 4.98. The van der Waals surface area contributed by atoms with Gasteiger partial charge in [-0.2, -0.15) is 5.10 Å². The third-order valence-corrected chi connectivity index (χ3v) is 6.51. The molecule has 0 atom stereocenters. The number of fused-ring (bicyclic) bond motifs is 2. The van der Waals surface area contributed by atoms with Crippen molar-refractivity contribution in [2.45, 2.75) is 19.8 Å². The van der Waals surface area contributed by atoms with E-state index in [4.69, 9.17) is 9.72 Å². The molecule has 1 amide bonds. The highest BCUT2D eigenvalue weighted by Crippen LogP contribution is 2.38. The minimum atomic E-state index is -0.0400. The third-order valence-electron chi connectivity index (χ3n) is 5.62. The second-order valence-electron chi connectivity index (χ2n) is 7.47. The molecule has 152 valence electrons. The number of aryl methyl sites for hydroxylation is 3. The van der Waals surface area contributed by atoms with Gasteiger partial charge in [-0.3, -0.25) is 9.48 Å². The van der Waals surface area contributed by atoms with Gasteiger partial charge in [0.25, 0.3) is 5.91 Å². The SMILES string of the molecule is COc1cccc2c1N(C(=O)c1cc(-c3cccs3)nc3c1c(C)nn3C)CCC2. The topological polar surface area (TPSA) is 60.2 Å². The number of methoxy groups -OCH3 is 1. The number of anilines is 1. The van der Waals surface area contributed by atoms with Crippen LogP contribution in [0.4, 0.5) is 5.69 Å². The number of pyridine rings is 1. The summed E-state index contributed by atoms with van der Waals surface area (Å²) in [5, 5.41) is 7.37. The molecule has 30 heavy (non-hydrogen) atoms. The first-order valence-electron chi connectivity index (χ1n) is 9.94. The van der Waals surface area contributed by atoms with Crippen LogP contribution in [0.25, 0.3) is 21.6 Å². The Morgan fingerprint density at radius 3 is 2.87 bits per heavy atom. The van der Waals surface area contributed by atoms with Gasteiger partial charge >= 0.3 is 0 Å². The van der Waals surface area contributed by atoms with Crippen LogP contribution in [-0.2, 0) is 13.5 Å². The van der Waals surface area contributed by atoms with Crippen molar-refractivity contribution in [1.82, 2.24) is 14.8 Å². The van der Waals surface area contributed by atoms with E-state index in [2.05, 4.69) is 11.2 Å². The number of rotatable bonds is 3. The molecule has 1 aliphatic heterocycles. The quantitative estimate of drug-likeness (QED) is 0.488. The number of nitrogens with zero attached hydrogens (tertiary/aromatic N) is 4. The Kier molecular flexibility index (Phi) is 4.55. The Labute approximate surface area is 178 Å². The van der Waals surface area contributed by atoms with Crippen LogP contribution in [0, 0.1) is 6.92 Å². The van der Waals surface area contributed by atoms with Crippen LogP contribution in [0.3, 0.4) is 0 Å². The molecular formula is C23H22N4O2S. The Bertz CT molecular complexity index is 1250. The van der Waals surface area contributed by atoms with E-state index in [0.717, 1.165) is 57.1 Å². The lowest BCUT2D eigenvalue weighted by Gasteiger charge is -2.31. The fraction of sp³-hybridized carbons (Fsp3) is 0.261. The lowest BCUT2D eigenvalue weighted by molar-refractivity contribution is 0.0986. The molecule has 4 heterocycles. The number of aromatic nitrogens is 3. The molecule has 0 fully saturated rings. The van der Waals surface area contributed by atoms with Crippen molar-refractivity contribution in [2.75, 3.05) is 18.6 Å². The number of para-hydroxylation sites is 1. The molecule has 0 saturated heterocycles. The first-order chi connectivity index (χ1) is 14.6. The summed E-state index contributed by atoms with van der Waals surface area (Å²) < 4.78 is 7.36. The van der Waals surface area contributed by atoms with Crippen LogP contribution in [0.15, 0.2) is 41.8 Å². The molecule has 0 N–H and O–H groups in total. The van der Waals surface area contributed by atoms with Crippen LogP contribution in [-0.4, -0.2) is 34.3 Å². The van der Waals surface area contributed by atoms with Crippen LogP contribution >= 0.6 is 11.3 Å². The second-order valence-corrected chi connectivity index (χ2v) is 8.42. The number of carbonyl (C=O) groups excluding carboxylic acids is 1. The molecule has 0 unspecified atom stereocenters. The average molecular weight is 419 g/mol. The van der Waals surface area contributed by atoms with E-state index >= 15 is 0 Å². The molecule has 0 aliphatic carbocycles. The van der Waals surface area contributed by atoms with Crippen molar-refractivity contribution in [2.24, 2.45) is 7.05 Å². The average Bonchev–Trinajstić information content (AvgIpc) is 3.40. The van der Waals surface area contributed by atoms with Crippen molar-refractivity contribution >= 4 is 34.0 Å². The van der Waals surface area contributed by atoms with E-state index < -0.39 is 0 Å². The predicted octanol–water partition coefficient (Wildman–Crippen LogP) is 4.61. The maximum atomic E-state index is 13.9. The Morgan fingerprint density at radius 2 is 2.10 bits per heavy atom. The van der Waals surface area contributed by atoms with E-state index in [0.29, 0.717) is 12.1 Å². The monoisotopic (exact) mass is 418 g/mol. The molecule has 0 spiro atoms. The molecule has 1 aromatic carbocycles. The molecule has 0 bridgehead atoms. The van der Waals surface area contributed by atoms with Gasteiger partial charge in [0.15, 0.2) is 5.65 Å². The maximum Gasteiger partial charge on any atom is 0.259 e. The minimum Gasteiger partial charge on any atom is -0.495 e. The van der Waals surface area contributed by atoms with Gasteiger partial charge in [0.1, 0.15) is 5.75 Å². The lowest BCUT2D eigenvalue weighted by atomic mass is 9.99. The van der Waals surface area contributed by atoms with Gasteiger partial charge in [0, 0.05) is 13.6 Å². The van der Waals surface area contributed by atoms with Crippen LogP contribution in [0.5, 0.6) is 5.75 Å². The second kappa shape index (κ2) is 7.25. The Morgan fingerprint density at radius 1 is 1.23 bits per heavy atom. The summed E-state index contributed by atoms with van der Waals surface area (Å²) in [4.78, 5) is 21.6. The summed E-state index contributed by atoms with van der Waals surface area (Å²) in [7, 11) is 3.52. The fourth-order valence-electron chi connectivity index (χ4n) is 4.29. The third kappa shape index (κ3) is 2.89. The molecule has 0 saturated carbocycles. The van der Waals surface area contributed by atoms with E-state index in [9.17, 15) is 4.79 Å². The number of carbonyl (C=O) groups is 1. The summed E-state index contributed by atoms with van der Waals surface area (Å²) in [6.07, 6.45) is 1.86. The van der Waals surface area contributed by atoms with E-state index in [1.807, 2.05) is 54.6 Å². The van der Waals surface area contributed by atoms with Crippen molar-refractivity contribution in [3.05, 3.63) is 58.6 Å². The number of hydrogen-bond acceptors (Lipinski definition) is 5. The van der Waals surface area contributed by atoms with E-state index in [-0.39, 0.29) is 5.91 Å². The molecule has 4 aromatic rings. The molecule has 1 aliphatic rings. The van der Waals surface area contributed by atoms with E-state index in [1.54, 1.807) is 23.1 Å². The van der Waals surface area contributed by atoms with Crippen molar-refractivity contribution in [3.8, 4) is 16.3 Å². The molecule has 6 nitrogen and oxygen atoms in total. The molecular weight excluding hydrogens is 396 g/mol. The minimum absolute atomic E-state index is 0.0400. The summed E-state index contributed by atoms with van der Waals surface area (Å²) >= 11 is 1.61. The van der Waals surface area contributed by atoms with Crippen LogP contribution in [0.1, 0.15) is 28.0 Å². The van der Waals surface area contributed by atoms with Gasteiger partial charge in [-0.05, 0) is 48.9 Å². The van der Waals surface area contributed by atoms with Gasteiger partial charge in [-0.1, -0.05) is 18.2 Å². The van der Waals surface area contributed by atoms with Gasteiger partial charge in [0.2, 0.25) is 0 Å². The normalized spacial score (nSPS) is 13.5. The standard InChI is InChI=1S/C23H22N4O2S/c1-14-20-16(13-17(19-10-6-12-30-19)24-22(20)26(2)25-14)23(28)27-11-5-8-15-7-4-9-18(29-3)21(15)27/h4,6-7,9-10,12-13H,5,8,11H2,1-3H3. The summed E-state index contributed by atoms with van der Waals surface area (Å²) in [5.74, 6) is 0.689. The highest BCUT2D eigenvalue weighted by molar-refractivity contribution is 7.13. The smallest absolute Gasteiger partial charge is 0.259 e. The zero-order valence-corrected chi connectivity index (χ0v) is 18.0. The number of thiophene rings is 1. The van der Waals surface area contributed by atoms with Gasteiger partial charge in [-0.25, -0.2) is 4.98 Å². The predicted molar refractivity (Wildman–Crippen MR) is 120 cm³/mol. The Balaban J connectivity index is 1.72. The number of hydrogen-bond donors (Lipinski definition) is 0. The highest BCUT2D eigenvalue weighted by atomic mass is 32.1. The van der Waals surface area contributed by atoms with Gasteiger partial charge in [-0.15, -0.1) is 11.3 Å². The molecule has 7 heteroatoms. The Hall–Kier alpha value is -3.19. The maximum absolute atomic E-state index is 13.9. The van der Waals surface area contributed by atoms with E-state index in [1.165, 1.54) is 0 Å². The number of ether oxygens (including phenoxy) is 1. The zero-order valence-electron chi connectivity index (χ0n) is 17.2. The van der Waals surface area contributed by atoms with Gasteiger partial charge < -0.3 is 9.64 Å². The summed E-state index contributed by atoms with van der Waals surface area (Å²) in [6, 6.07) is 11.9. The molecule has 3 aromatic heterocycles. The molecule has 5 rings (SSSR count).